The van der Waals surface area contributed by atoms with Crippen molar-refractivity contribution in [3.63, 3.8) is 0 Å². The molecule has 2 N–H and O–H groups in total. The number of carbonyl (C=O) groups excluding carboxylic acids is 1. The van der Waals surface area contributed by atoms with Crippen LogP contribution in [0.15, 0.2) is 24.3 Å². The number of benzene rings is 1. The Kier molecular flexibility index (Phi) is 6.11. The Labute approximate surface area is 137 Å². The largest absolute Gasteiger partial charge is 0.304 e. The highest BCUT2D eigenvalue weighted by Gasteiger charge is 2.17. The Morgan fingerprint density at radius 2 is 1.74 bits per heavy atom. The van der Waals surface area contributed by atoms with Crippen LogP contribution in [0.2, 0.25) is 0 Å². The van der Waals surface area contributed by atoms with Crippen molar-refractivity contribution in [2.45, 2.75) is 6.92 Å². The van der Waals surface area contributed by atoms with E-state index in [1.165, 1.54) is 0 Å². The van der Waals surface area contributed by atoms with Gasteiger partial charge in [-0.2, -0.15) is 13.1 Å². The Balaban J connectivity index is 1.92. The van der Waals surface area contributed by atoms with Gasteiger partial charge in [-0.3, -0.25) is 14.4 Å². The van der Waals surface area contributed by atoms with E-state index in [4.69, 9.17) is 0 Å². The van der Waals surface area contributed by atoms with Crippen molar-refractivity contribution in [3.8, 4) is 0 Å². The topological polar surface area (TPSA) is 81.8 Å². The summed E-state index contributed by atoms with van der Waals surface area (Å²) in [7, 11) is -1.47. The van der Waals surface area contributed by atoms with Gasteiger partial charge in [-0.15, -0.1) is 0 Å². The van der Waals surface area contributed by atoms with Gasteiger partial charge in [0, 0.05) is 44.0 Å². The molecule has 1 aromatic carbocycles. The number of carbonyl (C=O) groups is 1. The number of rotatable bonds is 7. The van der Waals surface area contributed by atoms with Gasteiger partial charge in [-0.1, -0.05) is 6.92 Å². The Bertz CT molecular complexity index is 623. The molecule has 0 aliphatic carbocycles. The second-order valence-electron chi connectivity index (χ2n) is 5.68. The van der Waals surface area contributed by atoms with E-state index in [-0.39, 0.29) is 5.78 Å². The molecule has 128 valence electrons. The van der Waals surface area contributed by atoms with Crippen LogP contribution in [0.25, 0.3) is 0 Å². The molecule has 1 aromatic rings. The van der Waals surface area contributed by atoms with Gasteiger partial charge in [0.25, 0.3) is 10.2 Å². The van der Waals surface area contributed by atoms with Crippen LogP contribution in [-0.4, -0.2) is 70.3 Å². The molecule has 0 aromatic heterocycles. The summed E-state index contributed by atoms with van der Waals surface area (Å²) in [5.74, 6) is 0.0515. The van der Waals surface area contributed by atoms with Gasteiger partial charge in [-0.25, -0.2) is 0 Å². The molecule has 0 spiro atoms. The summed E-state index contributed by atoms with van der Waals surface area (Å²) in [6, 6.07) is 6.52. The number of likely N-dealkylation sites (N-methyl/N-ethyl adjacent to an activating group) is 1. The zero-order chi connectivity index (χ0) is 16.9. The maximum absolute atomic E-state index is 12.3. The fraction of sp³-hybridized carbons (Fsp3) is 0.533. The average molecular weight is 340 g/mol. The fourth-order valence-electron chi connectivity index (χ4n) is 2.41. The molecule has 0 atom stereocenters. The van der Waals surface area contributed by atoms with Gasteiger partial charge < -0.3 is 4.90 Å². The molecule has 0 unspecified atom stereocenters. The number of anilines is 1. The quantitative estimate of drug-likeness (QED) is 0.702. The molecular formula is C15H24N4O3S. The zero-order valence-electron chi connectivity index (χ0n) is 13.6. The summed E-state index contributed by atoms with van der Waals surface area (Å²) in [4.78, 5) is 16.7. The van der Waals surface area contributed by atoms with Gasteiger partial charge in [0.05, 0.1) is 6.54 Å². The van der Waals surface area contributed by atoms with E-state index < -0.39 is 10.2 Å². The normalized spacial score (nSPS) is 17.1. The molecule has 0 amide bonds. The summed E-state index contributed by atoms with van der Waals surface area (Å²) in [6.07, 6.45) is 0. The zero-order valence-corrected chi connectivity index (χ0v) is 14.4. The van der Waals surface area contributed by atoms with Gasteiger partial charge in [0.2, 0.25) is 0 Å². The number of nitrogens with zero attached hydrogens (tertiary/aromatic N) is 2. The highest BCUT2D eigenvalue weighted by Crippen LogP contribution is 2.12. The average Bonchev–Trinajstić information content (AvgIpc) is 2.49. The highest BCUT2D eigenvalue weighted by molar-refractivity contribution is 7.90. The van der Waals surface area contributed by atoms with E-state index in [1.807, 2.05) is 0 Å². The van der Waals surface area contributed by atoms with Crippen molar-refractivity contribution in [2.75, 3.05) is 51.0 Å². The van der Waals surface area contributed by atoms with E-state index >= 15 is 0 Å². The predicted molar refractivity (Wildman–Crippen MR) is 90.9 cm³/mol. The first-order valence-electron chi connectivity index (χ1n) is 7.71. The second kappa shape index (κ2) is 7.87. The molecule has 23 heavy (non-hydrogen) atoms. The third-order valence-electron chi connectivity index (χ3n) is 3.76. The molecule has 8 heteroatoms. The maximum Gasteiger partial charge on any atom is 0.299 e. The number of piperazine rings is 1. The smallest absolute Gasteiger partial charge is 0.299 e. The maximum atomic E-state index is 12.3. The minimum Gasteiger partial charge on any atom is -0.304 e. The van der Waals surface area contributed by atoms with Crippen LogP contribution in [0.1, 0.15) is 17.3 Å². The van der Waals surface area contributed by atoms with Crippen molar-refractivity contribution in [1.29, 1.82) is 0 Å². The molecule has 1 aliphatic rings. The van der Waals surface area contributed by atoms with E-state index in [2.05, 4.69) is 26.3 Å². The van der Waals surface area contributed by atoms with Gasteiger partial charge in [-0.05, 0) is 31.3 Å². The SMILES string of the molecule is CCNS(=O)(=O)Nc1ccc(C(=O)CN2CCN(C)CC2)cc1. The number of hydrogen-bond acceptors (Lipinski definition) is 5. The Hall–Kier alpha value is -1.48. The standard InChI is InChI=1S/C15H24N4O3S/c1-3-16-23(21,22)17-14-6-4-13(5-7-14)15(20)12-19-10-8-18(2)9-11-19/h4-7,16-17H,3,8-12H2,1-2H3. The number of ketones is 1. The minimum atomic E-state index is -3.54. The Morgan fingerprint density at radius 3 is 2.30 bits per heavy atom. The van der Waals surface area contributed by atoms with Gasteiger partial charge in [0.1, 0.15) is 0 Å². The second-order valence-corrected chi connectivity index (χ2v) is 7.18. The lowest BCUT2D eigenvalue weighted by Gasteiger charge is -2.31. The third-order valence-corrected chi connectivity index (χ3v) is 4.93. The van der Waals surface area contributed by atoms with E-state index in [1.54, 1.807) is 31.2 Å². The monoisotopic (exact) mass is 340 g/mol. The van der Waals surface area contributed by atoms with Gasteiger partial charge >= 0.3 is 0 Å². The lowest BCUT2D eigenvalue weighted by atomic mass is 10.1. The number of hydrogen-bond donors (Lipinski definition) is 2. The molecule has 1 saturated heterocycles. The Morgan fingerprint density at radius 1 is 1.13 bits per heavy atom. The van der Waals surface area contributed by atoms with Gasteiger partial charge in [0.15, 0.2) is 5.78 Å². The number of nitrogens with one attached hydrogen (secondary N) is 2. The molecule has 2 rings (SSSR count). The lowest BCUT2D eigenvalue weighted by molar-refractivity contribution is 0.0876. The van der Waals surface area contributed by atoms with Crippen LogP contribution in [0.5, 0.6) is 0 Å². The molecule has 0 bridgehead atoms. The van der Waals surface area contributed by atoms with Crippen molar-refractivity contribution < 1.29 is 13.2 Å². The summed E-state index contributed by atoms with van der Waals surface area (Å²) < 4.78 is 28.0. The van der Waals surface area contributed by atoms with Crippen LogP contribution in [0.3, 0.4) is 0 Å². The summed E-state index contributed by atoms with van der Waals surface area (Å²) in [5.41, 5.74) is 1.03. The van der Waals surface area contributed by atoms with Crippen LogP contribution >= 0.6 is 0 Å². The molecule has 7 nitrogen and oxygen atoms in total. The minimum absolute atomic E-state index is 0.0515. The lowest BCUT2D eigenvalue weighted by Crippen LogP contribution is -2.46. The van der Waals surface area contributed by atoms with Crippen LogP contribution in [0, 0.1) is 0 Å². The van der Waals surface area contributed by atoms with E-state index in [9.17, 15) is 13.2 Å². The van der Waals surface area contributed by atoms with Crippen LogP contribution in [0.4, 0.5) is 5.69 Å². The third kappa shape index (κ3) is 5.58. The molecule has 0 radical (unpaired) electrons. The van der Waals surface area contributed by atoms with E-state index in [0.29, 0.717) is 24.3 Å². The molecule has 1 fully saturated rings. The first-order valence-corrected chi connectivity index (χ1v) is 9.19. The highest BCUT2D eigenvalue weighted by atomic mass is 32.2. The van der Waals surface area contributed by atoms with E-state index in [0.717, 1.165) is 26.2 Å². The first-order chi connectivity index (χ1) is 10.9. The van der Waals surface area contributed by atoms with Crippen molar-refractivity contribution in [3.05, 3.63) is 29.8 Å². The number of Topliss-reactive ketones (excluding diaryl/α,β-unsaturated/α-hetero) is 1. The molecule has 1 aliphatic heterocycles. The fourth-order valence-corrected chi connectivity index (χ4v) is 3.30. The van der Waals surface area contributed by atoms with Crippen LogP contribution < -0.4 is 9.44 Å². The molecule has 1 heterocycles. The van der Waals surface area contributed by atoms with Crippen molar-refractivity contribution in [2.24, 2.45) is 0 Å². The first kappa shape index (κ1) is 17.9. The van der Waals surface area contributed by atoms with Crippen LogP contribution in [-0.2, 0) is 10.2 Å². The predicted octanol–water partition coefficient (Wildman–Crippen LogP) is 0.383. The molecule has 0 saturated carbocycles. The molecular weight excluding hydrogens is 316 g/mol. The van der Waals surface area contributed by atoms with Crippen molar-refractivity contribution >= 4 is 21.7 Å². The summed E-state index contributed by atoms with van der Waals surface area (Å²) in [5, 5.41) is 0. The summed E-state index contributed by atoms with van der Waals surface area (Å²) in [6.45, 7) is 6.15. The summed E-state index contributed by atoms with van der Waals surface area (Å²) >= 11 is 0. The van der Waals surface area contributed by atoms with Crippen molar-refractivity contribution in [1.82, 2.24) is 14.5 Å².